The van der Waals surface area contributed by atoms with Gasteiger partial charge in [0, 0.05) is 10.8 Å². The van der Waals surface area contributed by atoms with Gasteiger partial charge >= 0.3 is 6.16 Å². The van der Waals surface area contributed by atoms with E-state index in [1.54, 1.807) is 0 Å². The lowest BCUT2D eigenvalue weighted by Crippen LogP contribution is -2.04. The van der Waals surface area contributed by atoms with Crippen LogP contribution in [0.4, 0.5) is 4.79 Å². The summed E-state index contributed by atoms with van der Waals surface area (Å²) in [6.45, 7) is 1.87. The standard InChI is InChI=1S/C22H16O4/c1-13-6-5-9-17-16-11-10-15(14-7-3-2-4-8-14)12-18(16)21(26-22(24)25)20(23)19(13)17/h2-12,23H,1H3,(H,24,25). The van der Waals surface area contributed by atoms with Crippen molar-refractivity contribution in [3.63, 3.8) is 0 Å². The molecule has 0 aliphatic heterocycles. The van der Waals surface area contributed by atoms with Gasteiger partial charge in [-0.15, -0.1) is 0 Å². The van der Waals surface area contributed by atoms with Crippen molar-refractivity contribution in [3.8, 4) is 22.6 Å². The van der Waals surface area contributed by atoms with E-state index < -0.39 is 6.16 Å². The van der Waals surface area contributed by atoms with Crippen LogP contribution in [0.25, 0.3) is 32.7 Å². The molecule has 0 aliphatic rings. The number of hydrogen-bond donors (Lipinski definition) is 2. The van der Waals surface area contributed by atoms with Crippen molar-refractivity contribution >= 4 is 27.7 Å². The Labute approximate surface area is 149 Å². The Morgan fingerprint density at radius 2 is 1.62 bits per heavy atom. The molecule has 128 valence electrons. The normalized spacial score (nSPS) is 11.0. The number of benzene rings is 4. The molecule has 4 heteroatoms. The molecule has 0 aromatic heterocycles. The van der Waals surface area contributed by atoms with Crippen LogP contribution in [0.1, 0.15) is 5.56 Å². The molecule has 4 aromatic rings. The smallest absolute Gasteiger partial charge is 0.504 e. The average Bonchev–Trinajstić information content (AvgIpc) is 2.65. The maximum Gasteiger partial charge on any atom is 0.511 e. The quantitative estimate of drug-likeness (QED) is 0.277. The molecule has 0 saturated carbocycles. The Hall–Kier alpha value is -3.53. The van der Waals surface area contributed by atoms with Gasteiger partial charge in [-0.2, -0.15) is 0 Å². The van der Waals surface area contributed by atoms with Gasteiger partial charge in [0.1, 0.15) is 0 Å². The number of ether oxygens (including phenoxy) is 1. The summed E-state index contributed by atoms with van der Waals surface area (Å²) >= 11 is 0. The zero-order valence-electron chi connectivity index (χ0n) is 14.1. The maximum atomic E-state index is 11.2. The molecule has 4 aromatic carbocycles. The molecule has 0 fully saturated rings. The molecular formula is C22H16O4. The third-order valence-electron chi connectivity index (χ3n) is 4.58. The largest absolute Gasteiger partial charge is 0.511 e. The van der Waals surface area contributed by atoms with Crippen LogP contribution < -0.4 is 4.74 Å². The highest BCUT2D eigenvalue weighted by Gasteiger charge is 2.19. The molecule has 0 saturated heterocycles. The Morgan fingerprint density at radius 3 is 2.35 bits per heavy atom. The van der Waals surface area contributed by atoms with E-state index in [2.05, 4.69) is 0 Å². The SMILES string of the molecule is Cc1cccc2c1c(O)c(OC(=O)O)c1cc(-c3ccccc3)ccc12. The predicted molar refractivity (Wildman–Crippen MR) is 102 cm³/mol. The fourth-order valence-corrected chi connectivity index (χ4v) is 3.42. The highest BCUT2D eigenvalue weighted by molar-refractivity contribution is 6.15. The van der Waals surface area contributed by atoms with Gasteiger partial charge in [-0.25, -0.2) is 4.79 Å². The van der Waals surface area contributed by atoms with Crippen LogP contribution >= 0.6 is 0 Å². The van der Waals surface area contributed by atoms with Gasteiger partial charge in [0.25, 0.3) is 0 Å². The lowest BCUT2D eigenvalue weighted by molar-refractivity contribution is 0.143. The van der Waals surface area contributed by atoms with E-state index in [0.717, 1.165) is 27.5 Å². The molecular weight excluding hydrogens is 328 g/mol. The van der Waals surface area contributed by atoms with Crippen molar-refractivity contribution in [3.05, 3.63) is 72.3 Å². The molecule has 0 unspecified atom stereocenters. The van der Waals surface area contributed by atoms with E-state index in [4.69, 9.17) is 9.84 Å². The second-order valence-electron chi connectivity index (χ2n) is 6.17. The van der Waals surface area contributed by atoms with Crippen LogP contribution in [0, 0.1) is 6.92 Å². The Kier molecular flexibility index (Phi) is 3.73. The van der Waals surface area contributed by atoms with Crippen LogP contribution in [0.5, 0.6) is 11.5 Å². The Morgan fingerprint density at radius 1 is 0.846 bits per heavy atom. The zero-order valence-corrected chi connectivity index (χ0v) is 14.1. The summed E-state index contributed by atoms with van der Waals surface area (Å²) in [6, 6.07) is 21.2. The molecule has 0 bridgehead atoms. The van der Waals surface area contributed by atoms with Crippen LogP contribution in [0.15, 0.2) is 66.7 Å². The summed E-state index contributed by atoms with van der Waals surface area (Å²) in [7, 11) is 0. The minimum atomic E-state index is -1.46. The summed E-state index contributed by atoms with van der Waals surface area (Å²) < 4.78 is 4.98. The Balaban J connectivity index is 2.12. The fraction of sp³-hybridized carbons (Fsp3) is 0.0455. The molecule has 4 rings (SSSR count). The van der Waals surface area contributed by atoms with E-state index in [1.165, 1.54) is 0 Å². The van der Waals surface area contributed by atoms with Gasteiger partial charge in [0.15, 0.2) is 11.5 Å². The Bertz CT molecular complexity index is 1150. The fourth-order valence-electron chi connectivity index (χ4n) is 3.42. The number of phenols is 1. The lowest BCUT2D eigenvalue weighted by Gasteiger charge is -2.15. The van der Waals surface area contributed by atoms with Gasteiger partial charge in [-0.3, -0.25) is 0 Å². The number of aromatic hydroxyl groups is 1. The molecule has 0 spiro atoms. The summed E-state index contributed by atoms with van der Waals surface area (Å²) in [5, 5.41) is 22.7. The first-order chi connectivity index (χ1) is 12.6. The third-order valence-corrected chi connectivity index (χ3v) is 4.58. The topological polar surface area (TPSA) is 66.8 Å². The summed E-state index contributed by atoms with van der Waals surface area (Å²) in [5.41, 5.74) is 2.77. The second-order valence-corrected chi connectivity index (χ2v) is 6.17. The number of aryl methyl sites for hydroxylation is 1. The minimum Gasteiger partial charge on any atom is -0.504 e. The number of carboxylic acid groups (broad SMARTS) is 1. The van der Waals surface area contributed by atoms with Crippen LogP contribution in [-0.2, 0) is 0 Å². The van der Waals surface area contributed by atoms with E-state index >= 15 is 0 Å². The van der Waals surface area contributed by atoms with E-state index in [-0.39, 0.29) is 11.5 Å². The number of carbonyl (C=O) groups is 1. The predicted octanol–water partition coefficient (Wildman–Crippen LogP) is 5.73. The number of hydrogen-bond acceptors (Lipinski definition) is 3. The average molecular weight is 344 g/mol. The maximum absolute atomic E-state index is 11.2. The lowest BCUT2D eigenvalue weighted by atomic mass is 9.94. The summed E-state index contributed by atoms with van der Waals surface area (Å²) in [5.74, 6) is -0.190. The van der Waals surface area contributed by atoms with Gasteiger partial charge in [-0.1, -0.05) is 60.7 Å². The first kappa shape index (κ1) is 16.0. The van der Waals surface area contributed by atoms with Gasteiger partial charge < -0.3 is 14.9 Å². The number of fused-ring (bicyclic) bond motifs is 3. The number of phenolic OH excluding ortho intramolecular Hbond substituents is 1. The highest BCUT2D eigenvalue weighted by atomic mass is 16.7. The molecule has 0 heterocycles. The van der Waals surface area contributed by atoms with Crippen molar-refractivity contribution in [2.24, 2.45) is 0 Å². The molecule has 0 amide bonds. The van der Waals surface area contributed by atoms with Crippen molar-refractivity contribution < 1.29 is 19.7 Å². The van der Waals surface area contributed by atoms with Gasteiger partial charge in [-0.05, 0) is 40.5 Å². The molecule has 0 atom stereocenters. The zero-order chi connectivity index (χ0) is 18.3. The van der Waals surface area contributed by atoms with E-state index in [0.29, 0.717) is 10.8 Å². The molecule has 2 N–H and O–H groups in total. The summed E-state index contributed by atoms with van der Waals surface area (Å²) in [4.78, 5) is 11.2. The monoisotopic (exact) mass is 344 g/mol. The molecule has 26 heavy (non-hydrogen) atoms. The molecule has 4 nitrogen and oxygen atoms in total. The summed E-state index contributed by atoms with van der Waals surface area (Å²) in [6.07, 6.45) is -1.46. The van der Waals surface area contributed by atoms with Crippen molar-refractivity contribution in [1.82, 2.24) is 0 Å². The van der Waals surface area contributed by atoms with Gasteiger partial charge in [0.2, 0.25) is 0 Å². The third kappa shape index (κ3) is 2.52. The van der Waals surface area contributed by atoms with E-state index in [1.807, 2.05) is 73.7 Å². The number of rotatable bonds is 2. The minimum absolute atomic E-state index is 0.0351. The van der Waals surface area contributed by atoms with Crippen molar-refractivity contribution in [2.45, 2.75) is 6.92 Å². The van der Waals surface area contributed by atoms with Crippen molar-refractivity contribution in [2.75, 3.05) is 0 Å². The van der Waals surface area contributed by atoms with E-state index in [9.17, 15) is 9.90 Å². The second kappa shape index (κ2) is 6.08. The van der Waals surface area contributed by atoms with Crippen LogP contribution in [0.2, 0.25) is 0 Å². The van der Waals surface area contributed by atoms with Crippen LogP contribution in [-0.4, -0.2) is 16.4 Å². The van der Waals surface area contributed by atoms with Crippen molar-refractivity contribution in [1.29, 1.82) is 0 Å². The van der Waals surface area contributed by atoms with Gasteiger partial charge in [0.05, 0.1) is 0 Å². The highest BCUT2D eigenvalue weighted by Crippen LogP contribution is 2.45. The molecule has 0 radical (unpaired) electrons. The molecule has 0 aliphatic carbocycles. The van der Waals surface area contributed by atoms with Crippen LogP contribution in [0.3, 0.4) is 0 Å². The first-order valence-corrected chi connectivity index (χ1v) is 8.20. The first-order valence-electron chi connectivity index (χ1n) is 8.20.